The molecule has 0 saturated heterocycles. The third kappa shape index (κ3) is 11.3. The van der Waals surface area contributed by atoms with Crippen molar-refractivity contribution < 1.29 is 69.2 Å². The van der Waals surface area contributed by atoms with Gasteiger partial charge in [0.05, 0.1) is 13.1 Å². The molecule has 0 bridgehead atoms. The zero-order chi connectivity index (χ0) is 7.28. The Morgan fingerprint density at radius 1 is 1.10 bits per heavy atom. The van der Waals surface area contributed by atoms with Crippen LogP contribution in [0.25, 0.3) is 0 Å². The van der Waals surface area contributed by atoms with Gasteiger partial charge in [0, 0.05) is 49.4 Å². The molecule has 0 fully saturated rings. The molecular weight excluding hydrogens is 278 g/mol. The molecule has 10 heavy (non-hydrogen) atoms. The number of carboxylic acid groups (broad SMARTS) is 2. The third-order valence-corrected chi connectivity index (χ3v) is 0.552. The van der Waals surface area contributed by atoms with E-state index in [2.05, 4.69) is 5.32 Å². The van der Waals surface area contributed by atoms with Crippen LogP contribution in [0.15, 0.2) is 0 Å². The van der Waals surface area contributed by atoms with Gasteiger partial charge in [0.1, 0.15) is 0 Å². The van der Waals surface area contributed by atoms with Gasteiger partial charge in [0.2, 0.25) is 0 Å². The molecule has 5 nitrogen and oxygen atoms in total. The molecule has 6 heteroatoms. The van der Waals surface area contributed by atoms with Crippen molar-refractivity contribution in [3.8, 4) is 0 Å². The normalized spacial score (nSPS) is 8.00. The predicted molar refractivity (Wildman–Crippen MR) is 28.1 cm³/mol. The Labute approximate surface area is 98.3 Å². The first-order chi connectivity index (χ1) is 4.13. The summed E-state index contributed by atoms with van der Waals surface area (Å²) in [7, 11) is 0. The molecule has 0 amide bonds. The topological polar surface area (TPSA) is 86.6 Å². The maximum Gasteiger partial charge on any atom is 0.317 e. The molecule has 1 radical (unpaired) electrons. The molecular formula is C4H7EuNO4. The number of nitrogens with one attached hydrogen (secondary N) is 1. The van der Waals surface area contributed by atoms with Crippen molar-refractivity contribution in [2.45, 2.75) is 0 Å². The summed E-state index contributed by atoms with van der Waals surface area (Å²) in [5.74, 6) is -2.12. The van der Waals surface area contributed by atoms with Crippen molar-refractivity contribution in [2.75, 3.05) is 13.1 Å². The molecule has 0 aromatic heterocycles. The maximum absolute atomic E-state index is 9.73. The Morgan fingerprint density at radius 3 is 1.60 bits per heavy atom. The summed E-state index contributed by atoms with van der Waals surface area (Å²) in [4.78, 5) is 19.5. The number of hydrogen-bond acceptors (Lipinski definition) is 3. The van der Waals surface area contributed by atoms with Crippen LogP contribution >= 0.6 is 0 Å². The fourth-order valence-electron chi connectivity index (χ4n) is 0.276. The SMILES string of the molecule is O=C(O)CNCC(=O)O.[Eu]. The van der Waals surface area contributed by atoms with Crippen LogP contribution < -0.4 is 5.32 Å². The summed E-state index contributed by atoms with van der Waals surface area (Å²) in [5.41, 5.74) is 0. The summed E-state index contributed by atoms with van der Waals surface area (Å²) in [6.45, 7) is -0.626. The van der Waals surface area contributed by atoms with Gasteiger partial charge < -0.3 is 10.2 Å². The van der Waals surface area contributed by atoms with Crippen LogP contribution in [0.4, 0.5) is 0 Å². The second kappa shape index (κ2) is 7.59. The number of carboxylic acids is 2. The Hall–Kier alpha value is 0.484. The van der Waals surface area contributed by atoms with Gasteiger partial charge in [0.15, 0.2) is 0 Å². The molecule has 0 aromatic rings. The van der Waals surface area contributed by atoms with E-state index in [9.17, 15) is 9.59 Å². The molecule has 0 atom stereocenters. The number of carbonyl (C=O) groups is 2. The number of rotatable bonds is 4. The van der Waals surface area contributed by atoms with E-state index >= 15 is 0 Å². The van der Waals surface area contributed by atoms with Crippen LogP contribution in [0, 0.1) is 49.4 Å². The summed E-state index contributed by atoms with van der Waals surface area (Å²) < 4.78 is 0. The van der Waals surface area contributed by atoms with Gasteiger partial charge in [-0.25, -0.2) is 0 Å². The maximum atomic E-state index is 9.73. The van der Waals surface area contributed by atoms with Crippen molar-refractivity contribution in [1.29, 1.82) is 0 Å². The van der Waals surface area contributed by atoms with E-state index in [0.717, 1.165) is 0 Å². The summed E-state index contributed by atoms with van der Waals surface area (Å²) >= 11 is 0. The van der Waals surface area contributed by atoms with Gasteiger partial charge in [-0.05, 0) is 0 Å². The van der Waals surface area contributed by atoms with Crippen LogP contribution in [-0.2, 0) is 9.59 Å². The van der Waals surface area contributed by atoms with E-state index < -0.39 is 11.9 Å². The van der Waals surface area contributed by atoms with Crippen LogP contribution in [0.2, 0.25) is 0 Å². The van der Waals surface area contributed by atoms with Crippen molar-refractivity contribution in [3.63, 3.8) is 0 Å². The minimum Gasteiger partial charge on any atom is -0.480 e. The van der Waals surface area contributed by atoms with E-state index in [1.54, 1.807) is 0 Å². The second-order valence-corrected chi connectivity index (χ2v) is 1.39. The smallest absolute Gasteiger partial charge is 0.317 e. The van der Waals surface area contributed by atoms with Crippen LogP contribution in [0.3, 0.4) is 0 Å². The van der Waals surface area contributed by atoms with E-state index in [1.807, 2.05) is 0 Å². The van der Waals surface area contributed by atoms with Crippen molar-refractivity contribution in [2.24, 2.45) is 0 Å². The number of hydrogen-bond donors (Lipinski definition) is 3. The summed E-state index contributed by atoms with van der Waals surface area (Å²) in [6, 6.07) is 0. The molecule has 0 spiro atoms. The third-order valence-electron chi connectivity index (χ3n) is 0.552. The monoisotopic (exact) mass is 286 g/mol. The zero-order valence-electron chi connectivity index (χ0n) is 5.00. The van der Waals surface area contributed by atoms with Gasteiger partial charge in [-0.1, -0.05) is 0 Å². The average Bonchev–Trinajstić information content (AvgIpc) is 1.63. The molecule has 0 aromatic carbocycles. The first-order valence-electron chi connectivity index (χ1n) is 2.27. The predicted octanol–water partition coefficient (Wildman–Crippen LogP) is -1.25. The fourth-order valence-corrected chi connectivity index (χ4v) is 0.276. The molecule has 0 aliphatic rings. The minimum atomic E-state index is -1.06. The fraction of sp³-hybridized carbons (Fsp3) is 0.500. The van der Waals surface area contributed by atoms with Gasteiger partial charge in [-0.2, -0.15) is 0 Å². The van der Waals surface area contributed by atoms with Crippen molar-refractivity contribution in [1.82, 2.24) is 5.32 Å². The van der Waals surface area contributed by atoms with Crippen LogP contribution in [0.5, 0.6) is 0 Å². The van der Waals surface area contributed by atoms with Gasteiger partial charge in [0.25, 0.3) is 0 Å². The van der Waals surface area contributed by atoms with Gasteiger partial charge in [-0.3, -0.25) is 14.9 Å². The quantitative estimate of drug-likeness (QED) is 0.600. The summed E-state index contributed by atoms with van der Waals surface area (Å²) in [5, 5.41) is 18.1. The minimum absolute atomic E-state index is 0. The molecule has 0 saturated carbocycles. The second-order valence-electron chi connectivity index (χ2n) is 1.39. The molecule has 0 unspecified atom stereocenters. The van der Waals surface area contributed by atoms with Crippen molar-refractivity contribution in [3.05, 3.63) is 0 Å². The molecule has 0 aliphatic heterocycles. The van der Waals surface area contributed by atoms with E-state index in [1.165, 1.54) is 0 Å². The van der Waals surface area contributed by atoms with E-state index in [0.29, 0.717) is 0 Å². The summed E-state index contributed by atoms with van der Waals surface area (Å²) in [6.07, 6.45) is 0. The largest absolute Gasteiger partial charge is 0.480 e. The average molecular weight is 285 g/mol. The van der Waals surface area contributed by atoms with E-state index in [-0.39, 0.29) is 62.5 Å². The van der Waals surface area contributed by atoms with Crippen LogP contribution in [0.1, 0.15) is 0 Å². The molecule has 59 valence electrons. The number of aliphatic carboxylic acids is 2. The standard InChI is InChI=1S/C4H7NO4.Eu/c6-3(7)1-5-2-4(8)9;/h5H,1-2H2,(H,6,7)(H,8,9);. The van der Waals surface area contributed by atoms with Crippen molar-refractivity contribution >= 4 is 11.9 Å². The van der Waals surface area contributed by atoms with Crippen LogP contribution in [-0.4, -0.2) is 35.2 Å². The first kappa shape index (κ1) is 13.1. The molecule has 3 N–H and O–H groups in total. The molecule has 0 aliphatic carbocycles. The zero-order valence-corrected chi connectivity index (χ0v) is 7.43. The Balaban J connectivity index is 0. The Kier molecular flexibility index (Phi) is 9.94. The molecule has 0 heterocycles. The first-order valence-corrected chi connectivity index (χ1v) is 2.27. The van der Waals surface area contributed by atoms with Gasteiger partial charge in [-0.15, -0.1) is 0 Å². The van der Waals surface area contributed by atoms with Gasteiger partial charge >= 0.3 is 11.9 Å². The van der Waals surface area contributed by atoms with E-state index in [4.69, 9.17) is 10.2 Å². The molecule has 0 rings (SSSR count). The Bertz CT molecular complexity index is 112. The Morgan fingerprint density at radius 2 is 1.40 bits per heavy atom.